The molecule has 20 heavy (non-hydrogen) atoms. The van der Waals surface area contributed by atoms with E-state index in [1.165, 1.54) is 6.33 Å². The molecule has 1 amide bonds. The molecule has 0 aliphatic rings. The van der Waals surface area contributed by atoms with Crippen LogP contribution in [-0.4, -0.2) is 30.9 Å². The van der Waals surface area contributed by atoms with Crippen LogP contribution in [0.15, 0.2) is 49.1 Å². The van der Waals surface area contributed by atoms with E-state index < -0.39 is 0 Å². The Bertz CT molecular complexity index is 689. The number of rotatable bonds is 4. The van der Waals surface area contributed by atoms with Crippen molar-refractivity contribution >= 4 is 5.91 Å². The number of carbonyl (C=O) groups is 1. The normalized spacial score (nSPS) is 10.4. The van der Waals surface area contributed by atoms with Crippen LogP contribution in [0.3, 0.4) is 0 Å². The summed E-state index contributed by atoms with van der Waals surface area (Å²) < 4.78 is 1.76. The standard InChI is InChI=1S/C13H12N6O/c20-13(12-15-9-16-18-12)14-8-10-4-1-2-5-11(10)19-7-3-6-17-19/h1-7,9H,8H2,(H,14,20)(H,15,16,18). The lowest BCUT2D eigenvalue weighted by Crippen LogP contribution is -2.24. The van der Waals surface area contributed by atoms with Crippen LogP contribution in [0, 0.1) is 0 Å². The largest absolute Gasteiger partial charge is 0.345 e. The fourth-order valence-electron chi connectivity index (χ4n) is 1.87. The smallest absolute Gasteiger partial charge is 0.288 e. The number of para-hydroxylation sites is 1. The maximum Gasteiger partial charge on any atom is 0.288 e. The predicted octanol–water partition coefficient (Wildman–Crippen LogP) is 0.920. The highest BCUT2D eigenvalue weighted by Crippen LogP contribution is 2.13. The van der Waals surface area contributed by atoms with E-state index in [1.54, 1.807) is 10.9 Å². The summed E-state index contributed by atoms with van der Waals surface area (Å²) in [5.41, 5.74) is 1.89. The molecule has 0 saturated carbocycles. The van der Waals surface area contributed by atoms with Gasteiger partial charge < -0.3 is 5.32 Å². The second kappa shape index (κ2) is 5.35. The Hall–Kier alpha value is -2.96. The Balaban J connectivity index is 1.77. The lowest BCUT2D eigenvalue weighted by Gasteiger charge is -2.09. The molecule has 2 N–H and O–H groups in total. The molecule has 2 aromatic heterocycles. The van der Waals surface area contributed by atoms with Gasteiger partial charge in [-0.1, -0.05) is 18.2 Å². The molecule has 0 fully saturated rings. The summed E-state index contributed by atoms with van der Waals surface area (Å²) in [6.45, 7) is 0.384. The monoisotopic (exact) mass is 268 g/mol. The first-order valence-electron chi connectivity index (χ1n) is 6.06. The van der Waals surface area contributed by atoms with Gasteiger partial charge in [0.2, 0.25) is 5.82 Å². The van der Waals surface area contributed by atoms with Crippen LogP contribution in [0.1, 0.15) is 16.2 Å². The van der Waals surface area contributed by atoms with Gasteiger partial charge in [-0.2, -0.15) is 10.2 Å². The Morgan fingerprint density at radius 3 is 2.95 bits per heavy atom. The van der Waals surface area contributed by atoms with Crippen LogP contribution in [0.4, 0.5) is 0 Å². The number of hydrogen-bond donors (Lipinski definition) is 2. The molecule has 3 aromatic rings. The molecular formula is C13H12N6O. The van der Waals surface area contributed by atoms with Crippen molar-refractivity contribution in [1.82, 2.24) is 30.3 Å². The minimum absolute atomic E-state index is 0.196. The Morgan fingerprint density at radius 1 is 1.30 bits per heavy atom. The molecule has 0 bridgehead atoms. The van der Waals surface area contributed by atoms with Gasteiger partial charge in [0.25, 0.3) is 5.91 Å². The second-order valence-electron chi connectivity index (χ2n) is 4.10. The summed E-state index contributed by atoms with van der Waals surface area (Å²) in [7, 11) is 0. The quantitative estimate of drug-likeness (QED) is 0.736. The highest BCUT2D eigenvalue weighted by Gasteiger charge is 2.10. The highest BCUT2D eigenvalue weighted by atomic mass is 16.2. The van der Waals surface area contributed by atoms with E-state index in [0.29, 0.717) is 6.54 Å². The molecule has 0 saturated heterocycles. The summed E-state index contributed by atoms with van der Waals surface area (Å²) in [5, 5.41) is 13.2. The van der Waals surface area contributed by atoms with Gasteiger partial charge in [0, 0.05) is 18.9 Å². The second-order valence-corrected chi connectivity index (χ2v) is 4.10. The topological polar surface area (TPSA) is 88.5 Å². The molecule has 0 atom stereocenters. The highest BCUT2D eigenvalue weighted by molar-refractivity contribution is 5.90. The van der Waals surface area contributed by atoms with Crippen molar-refractivity contribution in [3.63, 3.8) is 0 Å². The number of H-pyrrole nitrogens is 1. The van der Waals surface area contributed by atoms with E-state index in [0.717, 1.165) is 11.3 Å². The summed E-state index contributed by atoms with van der Waals surface area (Å²) in [5.74, 6) is -0.0978. The molecule has 0 aliphatic heterocycles. The molecular weight excluding hydrogens is 256 g/mol. The van der Waals surface area contributed by atoms with Crippen LogP contribution in [0.2, 0.25) is 0 Å². The van der Waals surface area contributed by atoms with Gasteiger partial charge >= 0.3 is 0 Å². The molecule has 2 heterocycles. The van der Waals surface area contributed by atoms with Gasteiger partial charge in [0.15, 0.2) is 0 Å². The zero-order chi connectivity index (χ0) is 13.8. The van der Waals surface area contributed by atoms with Gasteiger partial charge in [-0.05, 0) is 17.7 Å². The van der Waals surface area contributed by atoms with Crippen molar-refractivity contribution in [3.05, 3.63) is 60.4 Å². The van der Waals surface area contributed by atoms with Crippen molar-refractivity contribution < 1.29 is 4.79 Å². The molecule has 0 aliphatic carbocycles. The molecule has 1 aromatic carbocycles. The summed E-state index contributed by atoms with van der Waals surface area (Å²) in [6.07, 6.45) is 4.87. The maximum atomic E-state index is 11.8. The molecule has 7 heteroatoms. The summed E-state index contributed by atoms with van der Waals surface area (Å²) >= 11 is 0. The Morgan fingerprint density at radius 2 is 2.20 bits per heavy atom. The minimum atomic E-state index is -0.294. The van der Waals surface area contributed by atoms with E-state index in [-0.39, 0.29) is 11.7 Å². The van der Waals surface area contributed by atoms with Crippen LogP contribution in [-0.2, 0) is 6.54 Å². The third-order valence-corrected chi connectivity index (χ3v) is 2.81. The predicted molar refractivity (Wildman–Crippen MR) is 71.1 cm³/mol. The lowest BCUT2D eigenvalue weighted by atomic mass is 10.2. The summed E-state index contributed by atoms with van der Waals surface area (Å²) in [4.78, 5) is 15.6. The number of aromatic amines is 1. The zero-order valence-corrected chi connectivity index (χ0v) is 10.5. The number of nitrogens with one attached hydrogen (secondary N) is 2. The van der Waals surface area contributed by atoms with Crippen molar-refractivity contribution in [3.8, 4) is 5.69 Å². The Labute approximate surface area is 114 Å². The molecule has 7 nitrogen and oxygen atoms in total. The number of aromatic nitrogens is 5. The SMILES string of the molecule is O=C(NCc1ccccc1-n1cccn1)c1ncn[nH]1. The molecule has 100 valence electrons. The molecule has 0 unspecified atom stereocenters. The van der Waals surface area contributed by atoms with Gasteiger partial charge in [-0.3, -0.25) is 9.89 Å². The fourth-order valence-corrected chi connectivity index (χ4v) is 1.87. The average molecular weight is 268 g/mol. The van der Waals surface area contributed by atoms with Crippen LogP contribution in [0.25, 0.3) is 5.69 Å². The van der Waals surface area contributed by atoms with Crippen LogP contribution < -0.4 is 5.32 Å². The van der Waals surface area contributed by atoms with E-state index >= 15 is 0 Å². The van der Waals surface area contributed by atoms with E-state index in [9.17, 15) is 4.79 Å². The third kappa shape index (κ3) is 2.41. The number of hydrogen-bond acceptors (Lipinski definition) is 4. The van der Waals surface area contributed by atoms with Crippen LogP contribution in [0.5, 0.6) is 0 Å². The van der Waals surface area contributed by atoms with Crippen molar-refractivity contribution in [2.45, 2.75) is 6.54 Å². The van der Waals surface area contributed by atoms with Gasteiger partial charge in [-0.15, -0.1) is 0 Å². The van der Waals surface area contributed by atoms with E-state index in [2.05, 4.69) is 25.6 Å². The van der Waals surface area contributed by atoms with Crippen molar-refractivity contribution in [2.24, 2.45) is 0 Å². The molecule has 3 rings (SSSR count). The van der Waals surface area contributed by atoms with Crippen molar-refractivity contribution in [2.75, 3.05) is 0 Å². The first-order valence-corrected chi connectivity index (χ1v) is 6.06. The average Bonchev–Trinajstić information content (AvgIpc) is 3.17. The van der Waals surface area contributed by atoms with E-state index in [4.69, 9.17) is 0 Å². The maximum absolute atomic E-state index is 11.8. The summed E-state index contributed by atoms with van der Waals surface area (Å²) in [6, 6.07) is 9.59. The zero-order valence-electron chi connectivity index (χ0n) is 10.5. The number of carbonyl (C=O) groups excluding carboxylic acids is 1. The lowest BCUT2D eigenvalue weighted by molar-refractivity contribution is 0.0941. The first-order chi connectivity index (χ1) is 9.84. The minimum Gasteiger partial charge on any atom is -0.345 e. The Kier molecular flexibility index (Phi) is 3.24. The molecule has 0 radical (unpaired) electrons. The van der Waals surface area contributed by atoms with Crippen molar-refractivity contribution in [1.29, 1.82) is 0 Å². The number of amides is 1. The third-order valence-electron chi connectivity index (χ3n) is 2.81. The fraction of sp³-hybridized carbons (Fsp3) is 0.0769. The van der Waals surface area contributed by atoms with E-state index in [1.807, 2.05) is 36.5 Å². The number of nitrogens with zero attached hydrogens (tertiary/aromatic N) is 4. The number of benzene rings is 1. The van der Waals surface area contributed by atoms with Gasteiger partial charge in [-0.25, -0.2) is 9.67 Å². The first kappa shape index (κ1) is 12.1. The van der Waals surface area contributed by atoms with Crippen LogP contribution >= 0.6 is 0 Å². The molecule has 0 spiro atoms. The van der Waals surface area contributed by atoms with Gasteiger partial charge in [0.05, 0.1) is 5.69 Å². The van der Waals surface area contributed by atoms with Gasteiger partial charge in [0.1, 0.15) is 6.33 Å².